The summed E-state index contributed by atoms with van der Waals surface area (Å²) in [6.07, 6.45) is 5.08. The molecule has 0 nitrogen and oxygen atoms in total. The Morgan fingerprint density at radius 1 is 0.783 bits per heavy atom. The summed E-state index contributed by atoms with van der Waals surface area (Å²) >= 11 is 0. The van der Waals surface area contributed by atoms with Crippen molar-refractivity contribution in [1.82, 2.24) is 0 Å². The van der Waals surface area contributed by atoms with Gasteiger partial charge in [-0.25, -0.2) is 0 Å². The van der Waals surface area contributed by atoms with E-state index in [9.17, 15) is 0 Å². The van der Waals surface area contributed by atoms with Crippen molar-refractivity contribution in [3.05, 3.63) is 70.8 Å². The Morgan fingerprint density at radius 3 is 2.09 bits per heavy atom. The van der Waals surface area contributed by atoms with Crippen LogP contribution >= 0.6 is 0 Å². The van der Waals surface area contributed by atoms with Crippen molar-refractivity contribution in [2.45, 2.75) is 69.6 Å². The first-order valence-corrected chi connectivity index (χ1v) is 8.98. The van der Waals surface area contributed by atoms with Crippen LogP contribution in [0, 0.1) is 6.07 Å². The van der Waals surface area contributed by atoms with Crippen LogP contribution in [0.5, 0.6) is 0 Å². The lowest BCUT2D eigenvalue weighted by Gasteiger charge is -2.42. The molecule has 2 aromatic rings. The Morgan fingerprint density at radius 2 is 1.48 bits per heavy atom. The van der Waals surface area contributed by atoms with Crippen molar-refractivity contribution < 1.29 is 0 Å². The number of fused-ring (bicyclic) bond motifs is 1. The fraction of sp³-hybridized carbons (Fsp3) is 0.478. The lowest BCUT2D eigenvalue weighted by Crippen LogP contribution is -2.34. The third-order valence-corrected chi connectivity index (χ3v) is 6.38. The summed E-state index contributed by atoms with van der Waals surface area (Å²) in [6, 6.07) is 19.4. The van der Waals surface area contributed by atoms with E-state index in [1.165, 1.54) is 36.8 Å². The zero-order valence-electron chi connectivity index (χ0n) is 14.9. The minimum atomic E-state index is 0.230. The molecule has 1 saturated carbocycles. The molecule has 2 aromatic carbocycles. The lowest BCUT2D eigenvalue weighted by atomic mass is 9.62. The van der Waals surface area contributed by atoms with E-state index in [0.29, 0.717) is 5.41 Å². The predicted octanol–water partition coefficient (Wildman–Crippen LogP) is 5.92. The highest BCUT2D eigenvalue weighted by atomic mass is 14.5. The second kappa shape index (κ2) is 4.72. The molecule has 0 N–H and O–H groups in total. The molecule has 1 fully saturated rings. The fourth-order valence-corrected chi connectivity index (χ4v) is 4.42. The van der Waals surface area contributed by atoms with Crippen molar-refractivity contribution in [2.75, 3.05) is 0 Å². The average molecular weight is 303 g/mol. The minimum Gasteiger partial charge on any atom is -0.0619 e. The molecule has 0 unspecified atom stereocenters. The Labute approximate surface area is 140 Å². The van der Waals surface area contributed by atoms with Crippen LogP contribution < -0.4 is 0 Å². The monoisotopic (exact) mass is 303 g/mol. The largest absolute Gasteiger partial charge is 0.0619 e. The zero-order chi connectivity index (χ0) is 16.3. The summed E-state index contributed by atoms with van der Waals surface area (Å²) in [5, 5.41) is 0. The van der Waals surface area contributed by atoms with Gasteiger partial charge >= 0.3 is 0 Å². The molecule has 0 heteroatoms. The molecule has 0 aliphatic heterocycles. The van der Waals surface area contributed by atoms with Gasteiger partial charge in [-0.05, 0) is 64.8 Å². The van der Waals surface area contributed by atoms with Gasteiger partial charge in [-0.1, -0.05) is 70.2 Å². The van der Waals surface area contributed by atoms with Crippen LogP contribution in [-0.4, -0.2) is 0 Å². The molecule has 2 aliphatic carbocycles. The summed E-state index contributed by atoms with van der Waals surface area (Å²) in [4.78, 5) is 0. The highest BCUT2D eigenvalue weighted by Gasteiger charge is 2.47. The van der Waals surface area contributed by atoms with Gasteiger partial charge in [-0.2, -0.15) is 0 Å². The number of benzene rings is 2. The van der Waals surface area contributed by atoms with Crippen LogP contribution in [0.25, 0.3) is 0 Å². The number of hydrogen-bond donors (Lipinski definition) is 0. The van der Waals surface area contributed by atoms with Crippen molar-refractivity contribution >= 4 is 0 Å². The first kappa shape index (κ1) is 15.0. The molecule has 4 rings (SSSR count). The molecular weight excluding hydrogens is 276 g/mol. The van der Waals surface area contributed by atoms with Crippen molar-refractivity contribution in [3.63, 3.8) is 0 Å². The van der Waals surface area contributed by atoms with E-state index in [-0.39, 0.29) is 10.8 Å². The number of rotatable bonds is 2. The minimum absolute atomic E-state index is 0.230. The first-order chi connectivity index (χ1) is 10.9. The topological polar surface area (TPSA) is 0 Å². The van der Waals surface area contributed by atoms with E-state index in [0.717, 1.165) is 0 Å². The molecule has 0 atom stereocenters. The molecule has 0 saturated heterocycles. The second-order valence-electron chi connectivity index (χ2n) is 8.89. The van der Waals surface area contributed by atoms with Crippen LogP contribution in [0.3, 0.4) is 0 Å². The molecule has 2 aliphatic rings. The fourth-order valence-electron chi connectivity index (χ4n) is 4.42. The second-order valence-corrected chi connectivity index (χ2v) is 8.89. The summed E-state index contributed by atoms with van der Waals surface area (Å²) in [6.45, 7) is 9.63. The van der Waals surface area contributed by atoms with Gasteiger partial charge in [-0.3, -0.25) is 0 Å². The molecule has 0 amide bonds. The standard InChI is InChI=1S/C23H27/c1-21(2)12-13-22(3,4)20-16-18(10-11-19(20)21)23(14-15-23)17-8-6-5-7-9-17/h5-8,10-11,16H,12-15H2,1-4H3. The Kier molecular flexibility index (Phi) is 3.08. The maximum Gasteiger partial charge on any atom is 0.0210 e. The number of hydrogen-bond acceptors (Lipinski definition) is 0. The molecule has 0 heterocycles. The van der Waals surface area contributed by atoms with Gasteiger partial charge in [0.15, 0.2) is 0 Å². The zero-order valence-corrected chi connectivity index (χ0v) is 14.9. The smallest absolute Gasteiger partial charge is 0.0210 e. The summed E-state index contributed by atoms with van der Waals surface area (Å²) in [5.74, 6) is 0. The highest BCUT2D eigenvalue weighted by molar-refractivity contribution is 5.51. The quantitative estimate of drug-likeness (QED) is 0.646. The van der Waals surface area contributed by atoms with E-state index >= 15 is 0 Å². The van der Waals surface area contributed by atoms with Crippen LogP contribution in [0.15, 0.2) is 42.5 Å². The molecular formula is C23H27. The average Bonchev–Trinajstić information content (AvgIpc) is 3.34. The van der Waals surface area contributed by atoms with Gasteiger partial charge in [0.05, 0.1) is 0 Å². The maximum absolute atomic E-state index is 3.49. The van der Waals surface area contributed by atoms with Gasteiger partial charge in [0.1, 0.15) is 0 Å². The first-order valence-electron chi connectivity index (χ1n) is 8.98. The Balaban J connectivity index is 1.84. The summed E-state index contributed by atoms with van der Waals surface area (Å²) in [5.41, 5.74) is 6.83. The van der Waals surface area contributed by atoms with Gasteiger partial charge in [0.2, 0.25) is 0 Å². The maximum atomic E-state index is 3.49. The van der Waals surface area contributed by atoms with E-state index in [1.54, 1.807) is 11.1 Å². The van der Waals surface area contributed by atoms with Crippen molar-refractivity contribution in [3.8, 4) is 0 Å². The molecule has 0 aromatic heterocycles. The van der Waals surface area contributed by atoms with Gasteiger partial charge in [0.25, 0.3) is 0 Å². The van der Waals surface area contributed by atoms with E-state index < -0.39 is 0 Å². The van der Waals surface area contributed by atoms with Crippen molar-refractivity contribution in [1.29, 1.82) is 0 Å². The van der Waals surface area contributed by atoms with Crippen LogP contribution in [0.1, 0.15) is 75.6 Å². The highest BCUT2D eigenvalue weighted by Crippen LogP contribution is 2.55. The van der Waals surface area contributed by atoms with Gasteiger partial charge in [-0.15, -0.1) is 0 Å². The summed E-state index contributed by atoms with van der Waals surface area (Å²) < 4.78 is 0. The normalized spacial score (nSPS) is 23.1. The molecule has 23 heavy (non-hydrogen) atoms. The van der Waals surface area contributed by atoms with Gasteiger partial charge in [0, 0.05) is 5.41 Å². The third-order valence-electron chi connectivity index (χ3n) is 6.38. The van der Waals surface area contributed by atoms with E-state index in [4.69, 9.17) is 0 Å². The molecule has 1 radical (unpaired) electrons. The van der Waals surface area contributed by atoms with Crippen LogP contribution in [0.4, 0.5) is 0 Å². The van der Waals surface area contributed by atoms with E-state index in [1.807, 2.05) is 0 Å². The lowest BCUT2D eigenvalue weighted by molar-refractivity contribution is 0.331. The SMILES string of the molecule is CC1(C)CCC(C)(C)c2cc(C3(c4[c]cccc4)CC3)ccc21. The van der Waals surface area contributed by atoms with E-state index in [2.05, 4.69) is 76.2 Å². The molecule has 0 spiro atoms. The predicted molar refractivity (Wildman–Crippen MR) is 97.0 cm³/mol. The van der Waals surface area contributed by atoms with Crippen LogP contribution in [-0.2, 0) is 16.2 Å². The molecule has 0 bridgehead atoms. The van der Waals surface area contributed by atoms with Gasteiger partial charge < -0.3 is 0 Å². The summed E-state index contributed by atoms with van der Waals surface area (Å²) in [7, 11) is 0. The van der Waals surface area contributed by atoms with Crippen molar-refractivity contribution in [2.24, 2.45) is 0 Å². The third kappa shape index (κ3) is 2.26. The Hall–Kier alpha value is -1.56. The molecule has 119 valence electrons. The Bertz CT molecular complexity index is 730. The van der Waals surface area contributed by atoms with Crippen LogP contribution in [0.2, 0.25) is 0 Å².